The van der Waals surface area contributed by atoms with E-state index < -0.39 is 12.1 Å². The maximum Gasteiger partial charge on any atom is 0.189 e. The van der Waals surface area contributed by atoms with E-state index >= 15 is 0 Å². The van der Waals surface area contributed by atoms with Crippen molar-refractivity contribution in [3.8, 4) is 0 Å². The van der Waals surface area contributed by atoms with Crippen LogP contribution in [0, 0.1) is 11.2 Å². The fraction of sp³-hybridized carbons (Fsp3) is 0.200. The summed E-state index contributed by atoms with van der Waals surface area (Å²) in [5.74, 6) is -0.300. The third kappa shape index (κ3) is 6.60. The molecule has 0 spiro atoms. The maximum atomic E-state index is 13.6. The van der Waals surface area contributed by atoms with Gasteiger partial charge in [0, 0.05) is 31.3 Å². The van der Waals surface area contributed by atoms with Gasteiger partial charge in [0.15, 0.2) is 6.30 Å². The molecule has 8 heteroatoms. The fourth-order valence-electron chi connectivity index (χ4n) is 1.59. The van der Waals surface area contributed by atoms with Crippen molar-refractivity contribution < 1.29 is 8.78 Å². The number of benzene rings is 1. The predicted octanol–water partition coefficient (Wildman–Crippen LogP) is 2.35. The van der Waals surface area contributed by atoms with E-state index in [4.69, 9.17) is 11.1 Å². The van der Waals surface area contributed by atoms with Gasteiger partial charge in [0.2, 0.25) is 0 Å². The standard InChI is InChI=1S/C15H20F2N6/c1-10(16)22-15(23-12(8-18)9-20-2)5-6-21-14-7-11(19)3-4-13(14)17/h3-10,18,20-21H,19H2,1-2H3,(H,22,23)/b6-5+,12-9+,18-8?. The van der Waals surface area contributed by atoms with Gasteiger partial charge in [0.1, 0.15) is 11.7 Å². The first kappa shape index (κ1) is 18.1. The number of halogens is 2. The van der Waals surface area contributed by atoms with Crippen LogP contribution in [0.2, 0.25) is 0 Å². The van der Waals surface area contributed by atoms with Crippen LogP contribution in [0.4, 0.5) is 20.2 Å². The van der Waals surface area contributed by atoms with Gasteiger partial charge in [-0.15, -0.1) is 0 Å². The van der Waals surface area contributed by atoms with Crippen LogP contribution in [-0.4, -0.2) is 25.4 Å². The van der Waals surface area contributed by atoms with Crippen LogP contribution in [-0.2, 0) is 0 Å². The summed E-state index contributed by atoms with van der Waals surface area (Å²) >= 11 is 0. The average Bonchev–Trinajstić information content (AvgIpc) is 2.49. The van der Waals surface area contributed by atoms with Gasteiger partial charge in [-0.3, -0.25) is 0 Å². The molecule has 1 rings (SSSR count). The summed E-state index contributed by atoms with van der Waals surface area (Å²) < 4.78 is 26.7. The average molecular weight is 322 g/mol. The zero-order chi connectivity index (χ0) is 17.2. The first-order valence-electron chi connectivity index (χ1n) is 6.81. The lowest BCUT2D eigenvalue weighted by Crippen LogP contribution is -2.24. The van der Waals surface area contributed by atoms with Gasteiger partial charge >= 0.3 is 0 Å². The Morgan fingerprint density at radius 1 is 1.43 bits per heavy atom. The number of rotatable bonds is 7. The molecular weight excluding hydrogens is 302 g/mol. The van der Waals surface area contributed by atoms with Gasteiger partial charge in [-0.1, -0.05) is 0 Å². The number of hydrogen-bond donors (Lipinski definition) is 5. The number of allylic oxidation sites excluding steroid dienone is 1. The minimum Gasteiger partial charge on any atom is -0.399 e. The van der Waals surface area contributed by atoms with E-state index in [1.807, 2.05) is 0 Å². The summed E-state index contributed by atoms with van der Waals surface area (Å²) in [4.78, 5) is 3.74. The fourth-order valence-corrected chi connectivity index (χ4v) is 1.59. The normalized spacial score (nSPS) is 13.7. The van der Waals surface area contributed by atoms with Gasteiger partial charge in [0.05, 0.1) is 11.4 Å². The van der Waals surface area contributed by atoms with E-state index in [2.05, 4.69) is 20.9 Å². The van der Waals surface area contributed by atoms with E-state index in [1.54, 1.807) is 7.05 Å². The SMILES string of the molecule is CN/C=C(\C=N)NC(/C=C/Nc1cc(N)ccc1F)=N/C(C)F. The Bertz CT molecular complexity index is 622. The molecule has 1 aromatic rings. The highest BCUT2D eigenvalue weighted by Crippen LogP contribution is 2.17. The number of nitrogens with one attached hydrogen (secondary N) is 4. The largest absolute Gasteiger partial charge is 0.399 e. The summed E-state index contributed by atoms with van der Waals surface area (Å²) in [6.45, 7) is 1.27. The van der Waals surface area contributed by atoms with E-state index in [0.717, 1.165) is 6.21 Å². The summed E-state index contributed by atoms with van der Waals surface area (Å²) in [7, 11) is 1.67. The molecule has 1 aromatic carbocycles. The molecule has 6 nitrogen and oxygen atoms in total. The van der Waals surface area contributed by atoms with Crippen molar-refractivity contribution in [2.24, 2.45) is 4.99 Å². The van der Waals surface area contributed by atoms with Crippen LogP contribution < -0.4 is 21.7 Å². The lowest BCUT2D eigenvalue weighted by atomic mass is 10.2. The number of amidine groups is 1. The number of nitrogens with zero attached hydrogens (tertiary/aromatic N) is 1. The number of aliphatic imine (C=N–C) groups is 1. The molecule has 6 N–H and O–H groups in total. The van der Waals surface area contributed by atoms with Crippen LogP contribution in [0.5, 0.6) is 0 Å². The van der Waals surface area contributed by atoms with E-state index in [9.17, 15) is 8.78 Å². The Morgan fingerprint density at radius 2 is 2.17 bits per heavy atom. The van der Waals surface area contributed by atoms with E-state index in [1.165, 1.54) is 43.6 Å². The molecule has 0 aliphatic carbocycles. The summed E-state index contributed by atoms with van der Waals surface area (Å²) in [5, 5.41) is 15.5. The molecule has 0 heterocycles. The Balaban J connectivity index is 2.87. The molecule has 124 valence electrons. The Labute approximate surface area is 133 Å². The third-order valence-corrected chi connectivity index (χ3v) is 2.52. The lowest BCUT2D eigenvalue weighted by molar-refractivity contribution is 0.376. The van der Waals surface area contributed by atoms with E-state index in [0.29, 0.717) is 11.4 Å². The lowest BCUT2D eigenvalue weighted by Gasteiger charge is -2.08. The number of nitrogens with two attached hydrogens (primary N) is 1. The van der Waals surface area contributed by atoms with Crippen molar-refractivity contribution in [1.82, 2.24) is 10.6 Å². The van der Waals surface area contributed by atoms with Crippen LogP contribution in [0.1, 0.15) is 6.92 Å². The topological polar surface area (TPSA) is 98.3 Å². The molecule has 0 radical (unpaired) electrons. The van der Waals surface area contributed by atoms with Crippen LogP contribution in [0.15, 0.2) is 47.4 Å². The smallest absolute Gasteiger partial charge is 0.189 e. The van der Waals surface area contributed by atoms with Crippen LogP contribution in [0.25, 0.3) is 0 Å². The number of alkyl halides is 1. The highest BCUT2D eigenvalue weighted by Gasteiger charge is 2.02. The molecule has 0 saturated heterocycles. The predicted molar refractivity (Wildman–Crippen MR) is 90.6 cm³/mol. The molecule has 0 saturated carbocycles. The highest BCUT2D eigenvalue weighted by molar-refractivity contribution is 5.97. The molecule has 1 atom stereocenters. The first-order valence-corrected chi connectivity index (χ1v) is 6.81. The molecule has 0 aliphatic heterocycles. The summed E-state index contributed by atoms with van der Waals surface area (Å²) in [6, 6.07) is 4.12. The second-order valence-electron chi connectivity index (χ2n) is 4.46. The van der Waals surface area contributed by atoms with Crippen molar-refractivity contribution in [2.45, 2.75) is 13.2 Å². The quantitative estimate of drug-likeness (QED) is 0.230. The number of hydrogen-bond acceptors (Lipinski definition) is 5. The molecule has 0 aromatic heterocycles. The van der Waals surface area contributed by atoms with Crippen molar-refractivity contribution in [3.63, 3.8) is 0 Å². The molecule has 0 aliphatic rings. The molecule has 0 fully saturated rings. The minimum atomic E-state index is -1.44. The van der Waals surface area contributed by atoms with Crippen molar-refractivity contribution >= 4 is 23.4 Å². The van der Waals surface area contributed by atoms with Gasteiger partial charge in [0.25, 0.3) is 0 Å². The Hall–Kier alpha value is -2.90. The van der Waals surface area contributed by atoms with Crippen molar-refractivity contribution in [2.75, 3.05) is 18.1 Å². The summed E-state index contributed by atoms with van der Waals surface area (Å²) in [5.41, 5.74) is 6.57. The second kappa shape index (κ2) is 9.19. The van der Waals surface area contributed by atoms with Crippen molar-refractivity contribution in [3.05, 3.63) is 48.2 Å². The molecule has 1 unspecified atom stereocenters. The molecule has 0 amide bonds. The number of nitrogen functional groups attached to an aromatic ring is 1. The van der Waals surface area contributed by atoms with Gasteiger partial charge < -0.3 is 27.1 Å². The highest BCUT2D eigenvalue weighted by atomic mass is 19.1. The Morgan fingerprint density at radius 3 is 2.78 bits per heavy atom. The van der Waals surface area contributed by atoms with Crippen LogP contribution in [0.3, 0.4) is 0 Å². The molecule has 0 bridgehead atoms. The monoisotopic (exact) mass is 322 g/mol. The van der Waals surface area contributed by atoms with Crippen molar-refractivity contribution in [1.29, 1.82) is 5.41 Å². The maximum absolute atomic E-state index is 13.6. The first-order chi connectivity index (χ1) is 11.0. The van der Waals surface area contributed by atoms with Gasteiger partial charge in [-0.2, -0.15) is 0 Å². The third-order valence-electron chi connectivity index (χ3n) is 2.52. The van der Waals surface area contributed by atoms with Gasteiger partial charge in [-0.25, -0.2) is 13.8 Å². The second-order valence-corrected chi connectivity index (χ2v) is 4.46. The zero-order valence-corrected chi connectivity index (χ0v) is 12.9. The minimum absolute atomic E-state index is 0.168. The zero-order valence-electron chi connectivity index (χ0n) is 12.9. The number of anilines is 2. The molecule has 23 heavy (non-hydrogen) atoms. The van der Waals surface area contributed by atoms with E-state index in [-0.39, 0.29) is 11.5 Å². The van der Waals surface area contributed by atoms with Crippen LogP contribution >= 0.6 is 0 Å². The Kier molecular flexibility index (Phi) is 7.25. The molecular formula is C15H20F2N6. The summed E-state index contributed by atoms with van der Waals surface area (Å²) in [6.07, 6.45) is 3.95. The van der Waals surface area contributed by atoms with Gasteiger partial charge in [-0.05, 0) is 31.2 Å².